The van der Waals surface area contributed by atoms with E-state index in [-0.39, 0.29) is 11.5 Å². The van der Waals surface area contributed by atoms with Crippen molar-refractivity contribution < 1.29 is 13.5 Å². The van der Waals surface area contributed by atoms with Gasteiger partial charge in [0, 0.05) is 11.8 Å². The third kappa shape index (κ3) is 4.24. The Kier molecular flexibility index (Phi) is 4.78. The molecule has 0 unspecified atom stereocenters. The van der Waals surface area contributed by atoms with E-state index < -0.39 is 15.4 Å². The molecule has 1 fully saturated rings. The normalized spacial score (nSPS) is 24.8. The van der Waals surface area contributed by atoms with E-state index in [4.69, 9.17) is 0 Å². The number of benzene rings is 1. The number of para-hydroxylation sites is 1. The van der Waals surface area contributed by atoms with Crippen molar-refractivity contribution in [2.24, 2.45) is 5.92 Å². The second-order valence-electron chi connectivity index (χ2n) is 7.07. The number of aliphatic hydroxyl groups is 1. The summed E-state index contributed by atoms with van der Waals surface area (Å²) < 4.78 is 26.7. The first-order valence-corrected chi connectivity index (χ1v) is 10.2. The summed E-state index contributed by atoms with van der Waals surface area (Å²) in [6, 6.07) is 9.57. The van der Waals surface area contributed by atoms with Crippen LogP contribution in [0.25, 0.3) is 5.69 Å². The lowest BCUT2D eigenvalue weighted by Gasteiger charge is -2.34. The lowest BCUT2D eigenvalue weighted by atomic mass is 9.81. The van der Waals surface area contributed by atoms with Crippen LogP contribution in [0.1, 0.15) is 38.2 Å². The number of aromatic nitrogens is 2. The van der Waals surface area contributed by atoms with Crippen LogP contribution in [0.5, 0.6) is 0 Å². The molecule has 6 heteroatoms. The zero-order chi connectivity index (χ0) is 17.2. The SMILES string of the molecule is CC1CCC(O)(CS(=O)(=O)Cc2cnn(-c3ccccc3)c2)CC1. The van der Waals surface area contributed by atoms with E-state index in [1.165, 1.54) is 0 Å². The summed E-state index contributed by atoms with van der Waals surface area (Å²) in [6.07, 6.45) is 6.22. The molecule has 0 amide bonds. The van der Waals surface area contributed by atoms with Crippen LogP contribution in [0.4, 0.5) is 0 Å². The molecule has 0 spiro atoms. The zero-order valence-electron chi connectivity index (χ0n) is 13.9. The third-order valence-electron chi connectivity index (χ3n) is 4.74. The van der Waals surface area contributed by atoms with Gasteiger partial charge in [-0.3, -0.25) is 0 Å². The summed E-state index contributed by atoms with van der Waals surface area (Å²) in [6.45, 7) is 2.14. The van der Waals surface area contributed by atoms with Crippen LogP contribution in [-0.4, -0.2) is 34.7 Å². The lowest BCUT2D eigenvalue weighted by Crippen LogP contribution is -2.40. The summed E-state index contributed by atoms with van der Waals surface area (Å²) in [5, 5.41) is 14.8. The number of sulfone groups is 1. The van der Waals surface area contributed by atoms with E-state index in [0.717, 1.165) is 18.5 Å². The van der Waals surface area contributed by atoms with Crippen molar-refractivity contribution in [1.29, 1.82) is 0 Å². The molecule has 5 nitrogen and oxygen atoms in total. The zero-order valence-corrected chi connectivity index (χ0v) is 14.7. The molecule has 2 aromatic rings. The average Bonchev–Trinajstić information content (AvgIpc) is 2.98. The minimum absolute atomic E-state index is 0.0856. The number of nitrogens with zero attached hydrogens (tertiary/aromatic N) is 2. The Morgan fingerprint density at radius 1 is 1.25 bits per heavy atom. The molecule has 1 aliphatic rings. The Hall–Kier alpha value is -1.66. The third-order valence-corrected chi connectivity index (χ3v) is 6.49. The van der Waals surface area contributed by atoms with Gasteiger partial charge in [0.25, 0.3) is 0 Å². The van der Waals surface area contributed by atoms with Gasteiger partial charge in [0.1, 0.15) is 0 Å². The van der Waals surface area contributed by atoms with Gasteiger partial charge < -0.3 is 5.11 Å². The van der Waals surface area contributed by atoms with Crippen LogP contribution in [-0.2, 0) is 15.6 Å². The number of hydrogen-bond acceptors (Lipinski definition) is 4. The molecule has 1 aromatic heterocycles. The predicted octanol–water partition coefficient (Wildman–Crippen LogP) is 2.73. The summed E-state index contributed by atoms with van der Waals surface area (Å²) in [5.41, 5.74) is 0.466. The maximum atomic E-state index is 12.5. The van der Waals surface area contributed by atoms with Crippen LogP contribution in [0.15, 0.2) is 42.7 Å². The highest BCUT2D eigenvalue weighted by molar-refractivity contribution is 7.90. The molecule has 0 aliphatic heterocycles. The maximum absolute atomic E-state index is 12.5. The van der Waals surface area contributed by atoms with Gasteiger partial charge in [-0.1, -0.05) is 25.1 Å². The van der Waals surface area contributed by atoms with E-state index in [1.807, 2.05) is 30.3 Å². The van der Waals surface area contributed by atoms with Gasteiger partial charge in [-0.05, 0) is 43.7 Å². The molecule has 0 atom stereocenters. The summed E-state index contributed by atoms with van der Waals surface area (Å²) >= 11 is 0. The van der Waals surface area contributed by atoms with Crippen molar-refractivity contribution in [3.63, 3.8) is 0 Å². The highest BCUT2D eigenvalue weighted by Crippen LogP contribution is 2.33. The Morgan fingerprint density at radius 3 is 2.58 bits per heavy atom. The molecule has 1 heterocycles. The molecule has 1 saturated carbocycles. The minimum Gasteiger partial charge on any atom is -0.389 e. The summed E-state index contributed by atoms with van der Waals surface area (Å²) in [5.74, 6) is 0.318. The molecular weight excluding hydrogens is 324 g/mol. The first-order chi connectivity index (χ1) is 11.4. The van der Waals surface area contributed by atoms with Gasteiger partial charge in [-0.2, -0.15) is 5.10 Å². The molecule has 130 valence electrons. The van der Waals surface area contributed by atoms with Crippen molar-refractivity contribution in [3.8, 4) is 5.69 Å². The molecule has 0 radical (unpaired) electrons. The second kappa shape index (κ2) is 6.69. The fourth-order valence-corrected chi connectivity index (χ4v) is 5.18. The minimum atomic E-state index is -3.38. The van der Waals surface area contributed by atoms with E-state index in [1.54, 1.807) is 17.1 Å². The molecule has 3 rings (SSSR count). The van der Waals surface area contributed by atoms with E-state index >= 15 is 0 Å². The first-order valence-electron chi connectivity index (χ1n) is 8.37. The topological polar surface area (TPSA) is 72.2 Å². The van der Waals surface area contributed by atoms with Gasteiger partial charge >= 0.3 is 0 Å². The van der Waals surface area contributed by atoms with Crippen LogP contribution in [0, 0.1) is 5.92 Å². The van der Waals surface area contributed by atoms with Crippen molar-refractivity contribution >= 4 is 9.84 Å². The maximum Gasteiger partial charge on any atom is 0.157 e. The lowest BCUT2D eigenvalue weighted by molar-refractivity contribution is 0.0135. The van der Waals surface area contributed by atoms with Crippen LogP contribution in [0.2, 0.25) is 0 Å². The van der Waals surface area contributed by atoms with Crippen LogP contribution in [0.3, 0.4) is 0 Å². The van der Waals surface area contributed by atoms with Gasteiger partial charge in [0.2, 0.25) is 0 Å². The fraction of sp³-hybridized carbons (Fsp3) is 0.500. The van der Waals surface area contributed by atoms with Gasteiger partial charge in [0.05, 0.1) is 29.0 Å². The fourth-order valence-electron chi connectivity index (χ4n) is 3.31. The van der Waals surface area contributed by atoms with E-state index in [9.17, 15) is 13.5 Å². The van der Waals surface area contributed by atoms with E-state index in [2.05, 4.69) is 12.0 Å². The van der Waals surface area contributed by atoms with Gasteiger partial charge in [-0.25, -0.2) is 13.1 Å². The van der Waals surface area contributed by atoms with Crippen molar-refractivity contribution in [1.82, 2.24) is 9.78 Å². The Morgan fingerprint density at radius 2 is 1.92 bits per heavy atom. The quantitative estimate of drug-likeness (QED) is 0.902. The highest BCUT2D eigenvalue weighted by atomic mass is 32.2. The molecule has 24 heavy (non-hydrogen) atoms. The molecule has 0 bridgehead atoms. The van der Waals surface area contributed by atoms with Gasteiger partial charge in [0.15, 0.2) is 9.84 Å². The molecular formula is C18H24N2O3S. The molecule has 1 aliphatic carbocycles. The second-order valence-corrected chi connectivity index (χ2v) is 9.13. The van der Waals surface area contributed by atoms with E-state index in [0.29, 0.717) is 24.3 Å². The Labute approximate surface area is 143 Å². The van der Waals surface area contributed by atoms with Crippen LogP contribution < -0.4 is 0 Å². The Bertz CT molecular complexity index is 776. The smallest absolute Gasteiger partial charge is 0.157 e. The molecule has 1 aromatic carbocycles. The summed E-state index contributed by atoms with van der Waals surface area (Å²) in [7, 11) is -3.38. The van der Waals surface area contributed by atoms with Crippen molar-refractivity contribution in [2.45, 2.75) is 44.0 Å². The van der Waals surface area contributed by atoms with Crippen molar-refractivity contribution in [3.05, 3.63) is 48.3 Å². The van der Waals surface area contributed by atoms with Gasteiger partial charge in [-0.15, -0.1) is 0 Å². The standard InChI is InChI=1S/C18H24N2O3S/c1-15-7-9-18(21,10-8-15)14-24(22,23)13-16-11-19-20(12-16)17-5-3-2-4-6-17/h2-6,11-12,15,21H,7-10,13-14H2,1H3. The van der Waals surface area contributed by atoms with Crippen LogP contribution >= 0.6 is 0 Å². The Balaban J connectivity index is 1.68. The summed E-state index contributed by atoms with van der Waals surface area (Å²) in [4.78, 5) is 0. The highest BCUT2D eigenvalue weighted by Gasteiger charge is 2.36. The molecule has 1 N–H and O–H groups in total. The first kappa shape index (κ1) is 17.2. The largest absolute Gasteiger partial charge is 0.389 e. The average molecular weight is 348 g/mol. The molecule has 0 saturated heterocycles. The number of rotatable bonds is 5. The number of hydrogen-bond donors (Lipinski definition) is 1. The predicted molar refractivity (Wildman–Crippen MR) is 93.6 cm³/mol. The van der Waals surface area contributed by atoms with Crippen molar-refractivity contribution in [2.75, 3.05) is 5.75 Å². The monoisotopic (exact) mass is 348 g/mol.